The number of carbonyl (C=O) groups excluding carboxylic acids is 1. The molecule has 0 aliphatic rings. The average molecular weight is 284 g/mol. The highest BCUT2D eigenvalue weighted by atomic mass is 19.2. The summed E-state index contributed by atoms with van der Waals surface area (Å²) in [5.41, 5.74) is -0.373. The Bertz CT molecular complexity index is 641. The van der Waals surface area contributed by atoms with Crippen LogP contribution in [0.15, 0.2) is 36.4 Å². The van der Waals surface area contributed by atoms with Crippen molar-refractivity contribution in [2.24, 2.45) is 0 Å². The third kappa shape index (κ3) is 2.79. The molecule has 0 spiro atoms. The van der Waals surface area contributed by atoms with Crippen LogP contribution in [0.3, 0.4) is 0 Å². The minimum atomic E-state index is -1.93. The van der Waals surface area contributed by atoms with Crippen molar-refractivity contribution in [2.45, 2.75) is 6.61 Å². The Kier molecular flexibility index (Phi) is 4.02. The average Bonchev–Trinajstić information content (AvgIpc) is 2.48. The summed E-state index contributed by atoms with van der Waals surface area (Å²) in [4.78, 5) is 11.6. The van der Waals surface area contributed by atoms with Crippen LogP contribution in [0.25, 0.3) is 0 Å². The van der Waals surface area contributed by atoms with Crippen LogP contribution in [-0.4, -0.2) is 5.97 Å². The summed E-state index contributed by atoms with van der Waals surface area (Å²) in [6.45, 7) is -0.701. The second-order valence-electron chi connectivity index (χ2n) is 3.90. The lowest BCUT2D eigenvalue weighted by Gasteiger charge is -2.07. The summed E-state index contributed by atoms with van der Waals surface area (Å²) < 4.78 is 56.7. The summed E-state index contributed by atoms with van der Waals surface area (Å²) in [7, 11) is 0. The summed E-state index contributed by atoms with van der Waals surface area (Å²) in [6.07, 6.45) is 0. The number of ether oxygens (including phenoxy) is 1. The molecule has 104 valence electrons. The minimum absolute atomic E-state index is 0.205. The highest BCUT2D eigenvalue weighted by molar-refractivity contribution is 5.89. The van der Waals surface area contributed by atoms with Gasteiger partial charge in [0, 0.05) is 5.56 Å². The summed E-state index contributed by atoms with van der Waals surface area (Å²) in [5.74, 6) is -7.74. The lowest BCUT2D eigenvalue weighted by atomic mass is 10.2. The molecule has 6 heteroatoms. The molecule has 0 aliphatic heterocycles. The van der Waals surface area contributed by atoms with Gasteiger partial charge in [0.15, 0.2) is 23.3 Å². The number of rotatable bonds is 3. The first-order valence-electron chi connectivity index (χ1n) is 5.54. The zero-order valence-corrected chi connectivity index (χ0v) is 10.00. The van der Waals surface area contributed by atoms with E-state index in [2.05, 4.69) is 0 Å². The van der Waals surface area contributed by atoms with E-state index in [-0.39, 0.29) is 5.56 Å². The maximum absolute atomic E-state index is 13.3. The Morgan fingerprint density at radius 3 is 2.25 bits per heavy atom. The molecule has 0 fully saturated rings. The molecule has 0 radical (unpaired) electrons. The molecule has 2 rings (SSSR count). The molecule has 0 aromatic heterocycles. The predicted octanol–water partition coefficient (Wildman–Crippen LogP) is 3.60. The highest BCUT2D eigenvalue weighted by Crippen LogP contribution is 2.19. The molecule has 0 heterocycles. The SMILES string of the molecule is O=C(OCc1cc(F)c(F)c(F)c1F)c1ccccc1. The van der Waals surface area contributed by atoms with Gasteiger partial charge in [-0.2, -0.15) is 0 Å². The summed E-state index contributed by atoms with van der Waals surface area (Å²) in [6, 6.07) is 8.24. The smallest absolute Gasteiger partial charge is 0.338 e. The lowest BCUT2D eigenvalue weighted by molar-refractivity contribution is 0.0467. The normalized spacial score (nSPS) is 10.4. The molecular formula is C14H8F4O2. The van der Waals surface area contributed by atoms with Gasteiger partial charge < -0.3 is 4.74 Å². The molecule has 0 aliphatic carbocycles. The fourth-order valence-corrected chi connectivity index (χ4v) is 1.53. The van der Waals surface area contributed by atoms with E-state index < -0.39 is 41.4 Å². The molecule has 20 heavy (non-hydrogen) atoms. The monoisotopic (exact) mass is 284 g/mol. The van der Waals surface area contributed by atoms with Crippen molar-refractivity contribution in [1.82, 2.24) is 0 Å². The first-order valence-corrected chi connectivity index (χ1v) is 5.54. The molecule has 0 amide bonds. The fourth-order valence-electron chi connectivity index (χ4n) is 1.53. The van der Waals surface area contributed by atoms with Crippen molar-refractivity contribution >= 4 is 5.97 Å². The predicted molar refractivity (Wildman–Crippen MR) is 61.8 cm³/mol. The third-order valence-electron chi connectivity index (χ3n) is 2.55. The lowest BCUT2D eigenvalue weighted by Crippen LogP contribution is -2.08. The Morgan fingerprint density at radius 2 is 1.60 bits per heavy atom. The Labute approximate surface area is 111 Å². The molecule has 0 bridgehead atoms. The molecule has 0 saturated carbocycles. The second-order valence-corrected chi connectivity index (χ2v) is 3.90. The minimum Gasteiger partial charge on any atom is -0.457 e. The number of benzene rings is 2. The third-order valence-corrected chi connectivity index (χ3v) is 2.55. The van der Waals surface area contributed by atoms with Crippen molar-refractivity contribution in [3.05, 3.63) is 70.8 Å². The van der Waals surface area contributed by atoms with Gasteiger partial charge in [0.05, 0.1) is 5.56 Å². The van der Waals surface area contributed by atoms with Crippen molar-refractivity contribution in [3.8, 4) is 0 Å². The van der Waals surface area contributed by atoms with E-state index in [4.69, 9.17) is 4.74 Å². The van der Waals surface area contributed by atoms with E-state index in [9.17, 15) is 22.4 Å². The van der Waals surface area contributed by atoms with Crippen LogP contribution in [0, 0.1) is 23.3 Å². The molecule has 0 saturated heterocycles. The van der Waals surface area contributed by atoms with Gasteiger partial charge in [-0.1, -0.05) is 18.2 Å². The Hall–Kier alpha value is -2.37. The van der Waals surface area contributed by atoms with Gasteiger partial charge in [0.25, 0.3) is 0 Å². The van der Waals surface area contributed by atoms with Crippen molar-refractivity contribution in [3.63, 3.8) is 0 Å². The van der Waals surface area contributed by atoms with Gasteiger partial charge in [-0.3, -0.25) is 0 Å². The zero-order chi connectivity index (χ0) is 14.7. The van der Waals surface area contributed by atoms with Gasteiger partial charge >= 0.3 is 5.97 Å². The van der Waals surface area contributed by atoms with Gasteiger partial charge in [-0.05, 0) is 18.2 Å². The quantitative estimate of drug-likeness (QED) is 0.372. The van der Waals surface area contributed by atoms with E-state index in [0.717, 1.165) is 0 Å². The molecule has 0 unspecified atom stereocenters. The van der Waals surface area contributed by atoms with Crippen molar-refractivity contribution < 1.29 is 27.1 Å². The maximum Gasteiger partial charge on any atom is 0.338 e. The molecule has 2 aromatic carbocycles. The summed E-state index contributed by atoms with van der Waals surface area (Å²) >= 11 is 0. The van der Waals surface area contributed by atoms with E-state index in [1.165, 1.54) is 12.1 Å². The molecule has 2 aromatic rings. The van der Waals surface area contributed by atoms with Gasteiger partial charge in [-0.15, -0.1) is 0 Å². The molecular weight excluding hydrogens is 276 g/mol. The maximum atomic E-state index is 13.3. The standard InChI is InChI=1S/C14H8F4O2/c15-10-6-9(11(16)13(18)12(10)17)7-20-14(19)8-4-2-1-3-5-8/h1-6H,7H2. The van der Waals surface area contributed by atoms with Gasteiger partial charge in [0.1, 0.15) is 6.61 Å². The van der Waals surface area contributed by atoms with Crippen LogP contribution in [-0.2, 0) is 11.3 Å². The molecule has 0 N–H and O–H groups in total. The number of carbonyl (C=O) groups is 1. The van der Waals surface area contributed by atoms with Crippen LogP contribution in [0.1, 0.15) is 15.9 Å². The highest BCUT2D eigenvalue weighted by Gasteiger charge is 2.19. The number of hydrogen-bond donors (Lipinski definition) is 0. The number of hydrogen-bond acceptors (Lipinski definition) is 2. The largest absolute Gasteiger partial charge is 0.457 e. The van der Waals surface area contributed by atoms with E-state index in [1.807, 2.05) is 0 Å². The van der Waals surface area contributed by atoms with Crippen LogP contribution in [0.2, 0.25) is 0 Å². The van der Waals surface area contributed by atoms with Crippen molar-refractivity contribution in [2.75, 3.05) is 0 Å². The summed E-state index contributed by atoms with van der Waals surface area (Å²) in [5, 5.41) is 0. The van der Waals surface area contributed by atoms with E-state index in [1.54, 1.807) is 18.2 Å². The van der Waals surface area contributed by atoms with Crippen molar-refractivity contribution in [1.29, 1.82) is 0 Å². The first kappa shape index (κ1) is 14.0. The number of halogens is 4. The topological polar surface area (TPSA) is 26.3 Å². The van der Waals surface area contributed by atoms with E-state index >= 15 is 0 Å². The molecule has 0 atom stereocenters. The van der Waals surface area contributed by atoms with Crippen LogP contribution >= 0.6 is 0 Å². The van der Waals surface area contributed by atoms with Gasteiger partial charge in [0.2, 0.25) is 0 Å². The fraction of sp³-hybridized carbons (Fsp3) is 0.0714. The van der Waals surface area contributed by atoms with Crippen LogP contribution in [0.5, 0.6) is 0 Å². The van der Waals surface area contributed by atoms with Crippen LogP contribution < -0.4 is 0 Å². The van der Waals surface area contributed by atoms with Crippen LogP contribution in [0.4, 0.5) is 17.6 Å². The Morgan fingerprint density at radius 1 is 0.950 bits per heavy atom. The second kappa shape index (κ2) is 5.73. The zero-order valence-electron chi connectivity index (χ0n) is 10.00. The van der Waals surface area contributed by atoms with E-state index in [0.29, 0.717) is 6.07 Å². The Balaban J connectivity index is 2.14. The molecule has 2 nitrogen and oxygen atoms in total. The van der Waals surface area contributed by atoms with Gasteiger partial charge in [-0.25, -0.2) is 22.4 Å². The number of esters is 1. The first-order chi connectivity index (χ1) is 9.50.